The summed E-state index contributed by atoms with van der Waals surface area (Å²) in [5, 5.41) is 20.9. The number of carboxylic acids is 1. The molecule has 11 nitrogen and oxygen atoms in total. The number of amides is 4. The number of aliphatic carboxylic acids is 1. The second kappa shape index (κ2) is 14.4. The van der Waals surface area contributed by atoms with Crippen molar-refractivity contribution in [3.8, 4) is 11.5 Å². The van der Waals surface area contributed by atoms with Crippen LogP contribution in [-0.2, 0) is 16.1 Å². The Balaban J connectivity index is 1.43. The number of hydrogen-bond donors (Lipinski definition) is 5. The number of benzene rings is 2. The summed E-state index contributed by atoms with van der Waals surface area (Å²) in [7, 11) is 2.90. The number of rotatable bonds is 13. The average Bonchev–Trinajstić information content (AvgIpc) is 3.40. The number of thiophene rings is 1. The molecule has 12 heteroatoms. The molecule has 1 aromatic heterocycles. The molecular weight excluding hydrogens is 524 g/mol. The highest BCUT2D eigenvalue weighted by atomic mass is 32.1. The zero-order chi connectivity index (χ0) is 28.2. The maximum Gasteiger partial charge on any atom is 0.320 e. The molecule has 206 valence electrons. The largest absolute Gasteiger partial charge is 0.497 e. The highest BCUT2D eigenvalue weighted by molar-refractivity contribution is 7.18. The number of carbonyl (C=O) groups is 4. The summed E-state index contributed by atoms with van der Waals surface area (Å²) in [5.41, 5.74) is 1.33. The van der Waals surface area contributed by atoms with Gasteiger partial charge in [0.1, 0.15) is 17.4 Å². The van der Waals surface area contributed by atoms with Crippen molar-refractivity contribution in [2.45, 2.75) is 18.9 Å². The fourth-order valence-electron chi connectivity index (χ4n) is 3.58. The van der Waals surface area contributed by atoms with Gasteiger partial charge in [0.25, 0.3) is 5.91 Å². The highest BCUT2D eigenvalue weighted by Gasteiger charge is 2.25. The lowest BCUT2D eigenvalue weighted by Crippen LogP contribution is -2.34. The van der Waals surface area contributed by atoms with Crippen molar-refractivity contribution in [2.75, 3.05) is 32.6 Å². The molecule has 39 heavy (non-hydrogen) atoms. The van der Waals surface area contributed by atoms with E-state index in [1.807, 2.05) is 30.3 Å². The van der Waals surface area contributed by atoms with Crippen molar-refractivity contribution >= 4 is 40.2 Å². The second-order valence-corrected chi connectivity index (χ2v) is 9.35. The Labute approximate surface area is 229 Å². The monoisotopic (exact) mass is 554 g/mol. The lowest BCUT2D eigenvalue weighted by atomic mass is 9.97. The smallest absolute Gasteiger partial charge is 0.320 e. The third kappa shape index (κ3) is 8.75. The zero-order valence-corrected chi connectivity index (χ0v) is 22.3. The molecule has 1 atom stereocenters. The first-order valence-corrected chi connectivity index (χ1v) is 12.8. The van der Waals surface area contributed by atoms with Crippen LogP contribution in [0.4, 0.5) is 9.80 Å². The molecule has 0 bridgehead atoms. The molecular formula is C27H30N4O7S. The van der Waals surface area contributed by atoms with Gasteiger partial charge in [-0.05, 0) is 35.9 Å². The summed E-state index contributed by atoms with van der Waals surface area (Å²) in [4.78, 5) is 49.1. The van der Waals surface area contributed by atoms with Crippen LogP contribution in [-0.4, -0.2) is 56.2 Å². The molecule has 2 aromatic carbocycles. The minimum Gasteiger partial charge on any atom is -0.497 e. The molecule has 0 aliphatic heterocycles. The van der Waals surface area contributed by atoms with Crippen LogP contribution in [0.1, 0.15) is 33.1 Å². The van der Waals surface area contributed by atoms with Crippen molar-refractivity contribution in [1.29, 1.82) is 0 Å². The summed E-state index contributed by atoms with van der Waals surface area (Å²) in [5.74, 6) is -2.18. The van der Waals surface area contributed by atoms with Crippen molar-refractivity contribution in [3.63, 3.8) is 0 Å². The fraction of sp³-hybridized carbons (Fsp3) is 0.259. The van der Waals surface area contributed by atoms with Gasteiger partial charge in [0.05, 0.1) is 24.1 Å². The minimum absolute atomic E-state index is 0.0448. The molecule has 0 saturated carbocycles. The van der Waals surface area contributed by atoms with Crippen molar-refractivity contribution in [2.24, 2.45) is 0 Å². The number of urea groups is 1. The molecule has 1 heterocycles. The lowest BCUT2D eigenvalue weighted by Gasteiger charge is -2.18. The maximum atomic E-state index is 12.4. The fourth-order valence-corrected chi connectivity index (χ4v) is 4.40. The predicted molar refractivity (Wildman–Crippen MR) is 147 cm³/mol. The SMILES string of the molecule is COc1ccc(OC)c(C(CNC(=O)CCNC(=O)c2ccc(NC(=O)NCc3ccccc3)s2)C(=O)O)c1. The van der Waals surface area contributed by atoms with Crippen molar-refractivity contribution in [3.05, 3.63) is 76.7 Å². The number of ether oxygens (including phenoxy) is 2. The third-order valence-electron chi connectivity index (χ3n) is 5.61. The quantitative estimate of drug-likeness (QED) is 0.217. The van der Waals surface area contributed by atoms with E-state index in [0.717, 1.165) is 16.9 Å². The summed E-state index contributed by atoms with van der Waals surface area (Å²) < 4.78 is 10.4. The van der Waals surface area contributed by atoms with Crippen molar-refractivity contribution in [1.82, 2.24) is 16.0 Å². The van der Waals surface area contributed by atoms with Crippen LogP contribution in [0.15, 0.2) is 60.7 Å². The first-order chi connectivity index (χ1) is 18.8. The first kappa shape index (κ1) is 29.0. The molecule has 0 saturated heterocycles. The number of carboxylic acid groups (broad SMARTS) is 1. The Hall–Kier alpha value is -4.58. The molecule has 0 aliphatic rings. The van der Waals surface area contributed by atoms with E-state index in [0.29, 0.717) is 33.5 Å². The number of hydrogen-bond acceptors (Lipinski definition) is 7. The van der Waals surface area contributed by atoms with Gasteiger partial charge in [0, 0.05) is 31.6 Å². The van der Waals surface area contributed by atoms with Gasteiger partial charge in [-0.1, -0.05) is 30.3 Å². The van der Waals surface area contributed by atoms with Gasteiger partial charge in [0.15, 0.2) is 0 Å². The van der Waals surface area contributed by atoms with E-state index in [9.17, 15) is 24.3 Å². The summed E-state index contributed by atoms with van der Waals surface area (Å²) in [6.45, 7) is 0.245. The van der Waals surface area contributed by atoms with Gasteiger partial charge in [-0.2, -0.15) is 0 Å². The first-order valence-electron chi connectivity index (χ1n) is 12.0. The van der Waals surface area contributed by atoms with E-state index >= 15 is 0 Å². The van der Waals surface area contributed by atoms with Gasteiger partial charge < -0.3 is 30.5 Å². The van der Waals surface area contributed by atoms with Crippen LogP contribution >= 0.6 is 11.3 Å². The Morgan fingerprint density at radius 2 is 1.69 bits per heavy atom. The summed E-state index contributed by atoms with van der Waals surface area (Å²) in [6.07, 6.45) is -0.0499. The van der Waals surface area contributed by atoms with Crippen LogP contribution in [0, 0.1) is 0 Å². The summed E-state index contributed by atoms with van der Waals surface area (Å²) in [6, 6.07) is 17.1. The van der Waals surface area contributed by atoms with Crippen LogP contribution in [0.2, 0.25) is 0 Å². The van der Waals surface area contributed by atoms with E-state index in [4.69, 9.17) is 9.47 Å². The van der Waals surface area contributed by atoms with Crippen LogP contribution in [0.5, 0.6) is 11.5 Å². The molecule has 0 radical (unpaired) electrons. The number of anilines is 1. The van der Waals surface area contributed by atoms with Crippen LogP contribution in [0.3, 0.4) is 0 Å². The number of carbonyl (C=O) groups excluding carboxylic acids is 3. The molecule has 1 unspecified atom stereocenters. The van der Waals surface area contributed by atoms with Crippen LogP contribution in [0.25, 0.3) is 0 Å². The second-order valence-electron chi connectivity index (χ2n) is 8.27. The standard InChI is InChI=1S/C27H30N4O7S/c1-37-18-8-9-21(38-2)19(14-18)20(26(34)35)16-29-23(32)12-13-28-25(33)22-10-11-24(39-22)31-27(36)30-15-17-6-4-3-5-7-17/h3-11,14,20H,12-13,15-16H2,1-2H3,(H,28,33)(H,29,32)(H,34,35)(H2,30,31,36). The molecule has 4 amide bonds. The maximum absolute atomic E-state index is 12.4. The molecule has 5 N–H and O–H groups in total. The van der Waals surface area contributed by atoms with Crippen LogP contribution < -0.4 is 30.7 Å². The molecule has 0 fully saturated rings. The van der Waals surface area contributed by atoms with Gasteiger partial charge in [-0.15, -0.1) is 11.3 Å². The molecule has 3 rings (SSSR count). The van der Waals surface area contributed by atoms with Gasteiger partial charge in [0.2, 0.25) is 5.91 Å². The van der Waals surface area contributed by atoms with E-state index in [1.165, 1.54) is 14.2 Å². The number of nitrogens with one attached hydrogen (secondary N) is 4. The Morgan fingerprint density at radius 3 is 2.38 bits per heavy atom. The topological polar surface area (TPSA) is 155 Å². The highest BCUT2D eigenvalue weighted by Crippen LogP contribution is 2.30. The van der Waals surface area contributed by atoms with E-state index in [1.54, 1.807) is 30.3 Å². The number of methoxy groups -OCH3 is 2. The van der Waals surface area contributed by atoms with Gasteiger partial charge >= 0.3 is 12.0 Å². The Kier molecular flexibility index (Phi) is 10.7. The Morgan fingerprint density at radius 1 is 0.923 bits per heavy atom. The average molecular weight is 555 g/mol. The van der Waals surface area contributed by atoms with E-state index in [-0.39, 0.29) is 19.5 Å². The summed E-state index contributed by atoms with van der Waals surface area (Å²) >= 11 is 1.10. The molecule has 0 spiro atoms. The Bertz CT molecular complexity index is 1300. The normalized spacial score (nSPS) is 11.1. The van der Waals surface area contributed by atoms with E-state index in [2.05, 4.69) is 21.3 Å². The molecule has 0 aliphatic carbocycles. The predicted octanol–water partition coefficient (Wildman–Crippen LogP) is 3.19. The minimum atomic E-state index is -1.13. The van der Waals surface area contributed by atoms with Gasteiger partial charge in [-0.3, -0.25) is 19.7 Å². The van der Waals surface area contributed by atoms with Gasteiger partial charge in [-0.25, -0.2) is 4.79 Å². The van der Waals surface area contributed by atoms with E-state index < -0.39 is 29.7 Å². The molecule has 3 aromatic rings. The van der Waals surface area contributed by atoms with Crippen molar-refractivity contribution < 1.29 is 33.8 Å². The zero-order valence-electron chi connectivity index (χ0n) is 21.5. The lowest BCUT2D eigenvalue weighted by molar-refractivity contribution is -0.138. The third-order valence-corrected chi connectivity index (χ3v) is 6.61.